The van der Waals surface area contributed by atoms with Gasteiger partial charge >= 0.3 is 6.72 Å². The molecule has 4 aliphatic heterocycles. The number of ketones is 1. The lowest BCUT2D eigenvalue weighted by atomic mass is 10.1. The van der Waals surface area contributed by atoms with E-state index in [0.717, 1.165) is 12.5 Å². The molecule has 2 radical (unpaired) electrons. The summed E-state index contributed by atoms with van der Waals surface area (Å²) < 4.78 is 86.6. The van der Waals surface area contributed by atoms with Gasteiger partial charge in [0.15, 0.2) is 41.7 Å². The molecule has 0 amide bonds. The van der Waals surface area contributed by atoms with Crippen LogP contribution in [0, 0.1) is 5.82 Å². The quantitative estimate of drug-likeness (QED) is 0.295. The Morgan fingerprint density at radius 3 is 2.65 bits per heavy atom. The van der Waals surface area contributed by atoms with Gasteiger partial charge in [-0.3, -0.25) is 18.5 Å². The minimum Gasteiger partial charge on any atom is -0.382 e. The summed E-state index contributed by atoms with van der Waals surface area (Å²) in [6.07, 6.45) is -6.69. The maximum atomic E-state index is 16.0. The van der Waals surface area contributed by atoms with E-state index in [1.165, 1.54) is 28.8 Å². The maximum Gasteiger partial charge on any atom is 0.325 e. The molecule has 4 unspecified atom stereocenters. The molecule has 17 nitrogen and oxygen atoms in total. The number of ether oxygens (including phenoxy) is 3. The van der Waals surface area contributed by atoms with E-state index in [4.69, 9.17) is 57.4 Å². The van der Waals surface area contributed by atoms with Crippen molar-refractivity contribution in [3.8, 4) is 0 Å². The van der Waals surface area contributed by atoms with Crippen LogP contribution in [0.4, 0.5) is 20.4 Å². The fraction of sp³-hybridized carbons (Fsp3) is 0.522. The molecule has 10 atom stereocenters. The van der Waals surface area contributed by atoms with Gasteiger partial charge in [0.05, 0.1) is 25.1 Å². The van der Waals surface area contributed by atoms with E-state index in [0.29, 0.717) is 0 Å². The number of alkyl halides is 1. The van der Waals surface area contributed by atoms with E-state index in [-0.39, 0.29) is 34.8 Å². The Morgan fingerprint density at radius 1 is 1.13 bits per heavy atom. The van der Waals surface area contributed by atoms with E-state index >= 15 is 4.39 Å². The van der Waals surface area contributed by atoms with Crippen molar-refractivity contribution in [2.45, 2.75) is 55.6 Å². The van der Waals surface area contributed by atoms with Crippen molar-refractivity contribution in [1.82, 2.24) is 24.1 Å². The van der Waals surface area contributed by atoms with E-state index in [1.807, 2.05) is 0 Å². The molecule has 3 aromatic rings. The number of fused-ring (bicyclic) bond motifs is 4. The van der Waals surface area contributed by atoms with Gasteiger partial charge < -0.3 is 43.0 Å². The molecule has 3 saturated heterocycles. The molecule has 7 heterocycles. The number of anilines is 1. The van der Waals surface area contributed by atoms with Crippen LogP contribution in [-0.4, -0.2) is 106 Å². The van der Waals surface area contributed by atoms with E-state index in [2.05, 4.69) is 19.9 Å². The van der Waals surface area contributed by atoms with Crippen LogP contribution < -0.4 is 5.73 Å². The predicted molar refractivity (Wildman–Crippen MR) is 156 cm³/mol. The summed E-state index contributed by atoms with van der Waals surface area (Å²) in [6, 6.07) is 0. The number of halogens is 2. The molecule has 0 saturated carbocycles. The fourth-order valence-electron chi connectivity index (χ4n) is 5.79. The Labute approximate surface area is 264 Å². The molecule has 0 aromatic carbocycles. The highest BCUT2D eigenvalue weighted by Crippen LogP contribution is 2.54. The number of nitrogens with zero attached hydrogens (tertiary/aromatic N) is 6. The Hall–Kier alpha value is -2.55. The third-order valence-electron chi connectivity index (χ3n) is 7.83. The number of nitrogens with two attached hydrogens (primary N) is 1. The molecule has 244 valence electrons. The number of hydrogen-bond donors (Lipinski definition) is 2. The molecule has 3 N–H and O–H groups in total. The molecule has 46 heavy (non-hydrogen) atoms. The number of carbonyl (C=O) groups excluding carboxylic acids is 1. The second-order valence-corrected chi connectivity index (χ2v) is 15.0. The van der Waals surface area contributed by atoms with Crippen molar-refractivity contribution in [1.29, 1.82) is 0 Å². The third-order valence-corrected chi connectivity index (χ3v) is 10.4. The minimum atomic E-state index is -4.51. The largest absolute Gasteiger partial charge is 0.382 e. The minimum absolute atomic E-state index is 0.0323. The fourth-order valence-corrected chi connectivity index (χ4v) is 8.24. The first kappa shape index (κ1) is 32.0. The van der Waals surface area contributed by atoms with E-state index in [9.17, 15) is 18.6 Å². The van der Waals surface area contributed by atoms with Crippen LogP contribution >= 0.6 is 14.2 Å². The zero-order valence-corrected chi connectivity index (χ0v) is 26.2. The smallest absolute Gasteiger partial charge is 0.325 e. The monoisotopic (exact) mass is 701 g/mol. The average molecular weight is 701 g/mol. The molecule has 0 bridgehead atoms. The van der Waals surface area contributed by atoms with Crippen LogP contribution in [0.2, 0.25) is 0 Å². The lowest BCUT2D eigenvalue weighted by molar-refractivity contribution is -0.0608. The van der Waals surface area contributed by atoms with Gasteiger partial charge in [-0.15, -0.1) is 0 Å². The zero-order chi connectivity index (χ0) is 32.5. The van der Waals surface area contributed by atoms with Gasteiger partial charge in [-0.1, -0.05) is 0 Å². The van der Waals surface area contributed by atoms with Gasteiger partial charge in [0.2, 0.25) is 7.57 Å². The summed E-state index contributed by atoms with van der Waals surface area (Å²) in [4.78, 5) is 39.6. The molecular formula is C23H24BF2N7O10P2S. The van der Waals surface area contributed by atoms with Crippen LogP contribution in [0.15, 0.2) is 23.8 Å². The van der Waals surface area contributed by atoms with Crippen LogP contribution in [-0.2, 0) is 48.7 Å². The number of Topliss-reactive ketones (excluding diaryl/α,β-unsaturated/α-hetero) is 1. The van der Waals surface area contributed by atoms with E-state index in [1.54, 1.807) is 0 Å². The van der Waals surface area contributed by atoms with Gasteiger partial charge in [-0.05, 0) is 11.8 Å². The maximum absolute atomic E-state index is 16.0. The Balaban J connectivity index is 1.18. The molecule has 4 aliphatic rings. The second-order valence-electron chi connectivity index (χ2n) is 10.6. The van der Waals surface area contributed by atoms with Crippen molar-refractivity contribution >= 4 is 68.4 Å². The first-order valence-corrected chi connectivity index (χ1v) is 17.8. The SMILES string of the molecule is [B]P1(=O)OC[C@H]2O[C@@H](n3cnc4c(N)ncnc43)C(F)[C@H]2OP(O)(=S)OC[C@H]2O[C@@H](n3cc(F)c4c3N=CCC4=O)[C@@H](OC)C2O1. The lowest BCUT2D eigenvalue weighted by Gasteiger charge is -2.30. The number of hydrogen-bond acceptors (Lipinski definition) is 15. The molecule has 0 aliphatic carbocycles. The van der Waals surface area contributed by atoms with Crippen molar-refractivity contribution in [3.63, 3.8) is 0 Å². The second kappa shape index (κ2) is 11.9. The highest BCUT2D eigenvalue weighted by Gasteiger charge is 2.54. The molecule has 3 fully saturated rings. The summed E-state index contributed by atoms with van der Waals surface area (Å²) in [5, 5.41) is 0. The number of aromatic nitrogens is 5. The van der Waals surface area contributed by atoms with Crippen LogP contribution in [0.1, 0.15) is 29.2 Å². The van der Waals surface area contributed by atoms with Crippen LogP contribution in [0.25, 0.3) is 11.2 Å². The normalized spacial score (nSPS) is 38.2. The predicted octanol–water partition coefficient (Wildman–Crippen LogP) is 1.80. The van der Waals surface area contributed by atoms with Crippen LogP contribution in [0.5, 0.6) is 0 Å². The standard InChI is InChI=1S/C23H24BF2N7O10P2S/c1-37-18-17-12(41-23(18)32-4-9(25)13-10(34)2-3-28-20(13)32)6-39-45(36,46)43-16-11(5-38-44(24,35)42-17)40-22(14(16)26)33-8-31-15-19(27)29-7-30-21(15)33/h3-4,7-8,11-12,14,16-18,22-23H,2,5-6H2,1H3,(H,36,46)(H2,27,29,30)/t11-,12-,14?,16+,17?,18+,22-,23-,44?,45?/m1/s1. The summed E-state index contributed by atoms with van der Waals surface area (Å²) >= 11 is 5.20. The summed E-state index contributed by atoms with van der Waals surface area (Å²) in [5.41, 5.74) is 5.95. The van der Waals surface area contributed by atoms with Gasteiger partial charge in [0.25, 0.3) is 7.47 Å². The van der Waals surface area contributed by atoms with Gasteiger partial charge in [0.1, 0.15) is 48.2 Å². The Bertz CT molecular complexity index is 1830. The topological polar surface area (TPSA) is 206 Å². The van der Waals surface area contributed by atoms with Gasteiger partial charge in [0, 0.05) is 25.9 Å². The number of carbonyl (C=O) groups is 1. The van der Waals surface area contributed by atoms with Crippen molar-refractivity contribution in [2.75, 3.05) is 26.1 Å². The number of imidazole rings is 1. The van der Waals surface area contributed by atoms with Gasteiger partial charge in [-0.25, -0.2) is 28.7 Å². The molecule has 23 heteroatoms. The number of methoxy groups -OCH3 is 1. The van der Waals surface area contributed by atoms with Gasteiger partial charge in [-0.2, -0.15) is 0 Å². The number of aliphatic imine (C=N–C) groups is 1. The molecule has 3 aromatic heterocycles. The molecule has 7 rings (SSSR count). The molecule has 0 spiro atoms. The summed E-state index contributed by atoms with van der Waals surface area (Å²) in [6.45, 7) is -5.47. The third kappa shape index (κ3) is 5.56. The average Bonchev–Trinajstić information content (AvgIpc) is 3.74. The van der Waals surface area contributed by atoms with Crippen LogP contribution in [0.3, 0.4) is 0 Å². The number of nitrogen functional groups attached to an aromatic ring is 1. The zero-order valence-electron chi connectivity index (χ0n) is 23.6. The number of rotatable bonds is 3. The Kier molecular flexibility index (Phi) is 8.25. The van der Waals surface area contributed by atoms with E-state index < -0.39 is 88.2 Å². The Morgan fingerprint density at radius 2 is 1.87 bits per heavy atom. The highest BCUT2D eigenvalue weighted by atomic mass is 32.5. The summed E-state index contributed by atoms with van der Waals surface area (Å²) in [5.74, 6) is -1.31. The van der Waals surface area contributed by atoms with Crippen molar-refractivity contribution in [3.05, 3.63) is 30.2 Å². The lowest BCUT2D eigenvalue weighted by Crippen LogP contribution is -2.39. The molecular weight excluding hydrogens is 677 g/mol. The summed E-state index contributed by atoms with van der Waals surface area (Å²) in [7, 11) is 2.74. The first-order valence-electron chi connectivity index (χ1n) is 13.6. The van der Waals surface area contributed by atoms with Crippen molar-refractivity contribution < 1.29 is 55.3 Å². The van der Waals surface area contributed by atoms with Crippen molar-refractivity contribution in [2.24, 2.45) is 4.99 Å². The first-order chi connectivity index (χ1) is 21.9. The highest BCUT2D eigenvalue weighted by molar-refractivity contribution is 8.07.